The number of carbonyl (C=O) groups excluding carboxylic acids is 1. The van der Waals surface area contributed by atoms with Crippen LogP contribution in [0.5, 0.6) is 0 Å². The molecule has 204 valence electrons. The Bertz CT molecular complexity index is 1170. The number of urea groups is 1. The molecule has 0 saturated carbocycles. The predicted octanol–water partition coefficient (Wildman–Crippen LogP) is -0.113. The molecule has 3 fully saturated rings. The normalized spacial score (nSPS) is 32.8. The largest absolute Gasteiger partial charge is 0.472 e. The van der Waals surface area contributed by atoms with E-state index in [1.807, 2.05) is 11.8 Å². The van der Waals surface area contributed by atoms with Crippen LogP contribution in [-0.2, 0) is 18.3 Å². The molecule has 3 aliphatic heterocycles. The first-order valence-corrected chi connectivity index (χ1v) is 14.5. The number of nitrogens with one attached hydrogen (secondary N) is 2. The zero-order valence-corrected chi connectivity index (χ0v) is 21.5. The molecule has 17 heteroatoms. The maximum Gasteiger partial charge on any atom is 0.472 e. The number of imidazole rings is 1. The third-order valence-electron chi connectivity index (χ3n) is 6.73. The highest BCUT2D eigenvalue weighted by molar-refractivity contribution is 8.00. The Kier molecular flexibility index (Phi) is 7.88. The molecule has 3 saturated heterocycles. The number of rotatable bonds is 11. The summed E-state index contributed by atoms with van der Waals surface area (Å²) < 4.78 is 29.5. The molecule has 0 aliphatic carbocycles. The summed E-state index contributed by atoms with van der Waals surface area (Å²) in [4.78, 5) is 33.5. The van der Waals surface area contributed by atoms with E-state index in [0.29, 0.717) is 22.8 Å². The van der Waals surface area contributed by atoms with Gasteiger partial charge < -0.3 is 36.2 Å². The van der Waals surface area contributed by atoms with Crippen LogP contribution in [0.25, 0.3) is 11.2 Å². The lowest BCUT2D eigenvalue weighted by Crippen LogP contribution is -2.36. The molecular weight excluding hydrogens is 529 g/mol. The maximum absolute atomic E-state index is 12.3. The number of nitrogen functional groups attached to an aromatic ring is 1. The fraction of sp³-hybridized carbons (Fsp3) is 0.700. The number of amides is 2. The van der Waals surface area contributed by atoms with Gasteiger partial charge in [-0.15, -0.1) is 0 Å². The van der Waals surface area contributed by atoms with Gasteiger partial charge >= 0.3 is 13.9 Å². The van der Waals surface area contributed by atoms with Gasteiger partial charge in [0.2, 0.25) is 0 Å². The molecule has 2 unspecified atom stereocenters. The number of phosphoric ester groups is 1. The van der Waals surface area contributed by atoms with Crippen molar-refractivity contribution >= 4 is 42.6 Å². The zero-order valence-electron chi connectivity index (χ0n) is 19.8. The first-order chi connectivity index (χ1) is 17.7. The Labute approximate surface area is 216 Å². The van der Waals surface area contributed by atoms with Crippen molar-refractivity contribution in [2.45, 2.75) is 67.6 Å². The molecule has 5 heterocycles. The molecule has 2 aromatic rings. The molecule has 0 aromatic carbocycles. The van der Waals surface area contributed by atoms with E-state index in [9.17, 15) is 24.5 Å². The summed E-state index contributed by atoms with van der Waals surface area (Å²) >= 11 is 1.84. The van der Waals surface area contributed by atoms with Gasteiger partial charge in [-0.05, 0) is 12.8 Å². The van der Waals surface area contributed by atoms with Gasteiger partial charge in [0, 0.05) is 11.0 Å². The second-order valence-electron chi connectivity index (χ2n) is 9.20. The van der Waals surface area contributed by atoms with Crippen LogP contribution in [0, 0.1) is 0 Å². The minimum absolute atomic E-state index is 0.0252. The Morgan fingerprint density at radius 2 is 2.03 bits per heavy atom. The smallest absolute Gasteiger partial charge is 0.387 e. The lowest BCUT2D eigenvalue weighted by atomic mass is 10.0. The van der Waals surface area contributed by atoms with Crippen LogP contribution in [0.4, 0.5) is 10.6 Å². The fourth-order valence-electron chi connectivity index (χ4n) is 4.81. The number of aliphatic hydroxyl groups is 2. The Morgan fingerprint density at radius 3 is 2.86 bits per heavy atom. The number of aromatic nitrogens is 4. The zero-order chi connectivity index (χ0) is 26.2. The van der Waals surface area contributed by atoms with Crippen LogP contribution in [0.3, 0.4) is 0 Å². The molecule has 0 bridgehead atoms. The topological polar surface area (TPSA) is 216 Å². The molecular formula is C20H30N7O8PS. The lowest BCUT2D eigenvalue weighted by Gasteiger charge is -2.18. The average Bonchev–Trinajstić information content (AvgIpc) is 3.60. The van der Waals surface area contributed by atoms with E-state index in [-0.39, 0.29) is 30.5 Å². The number of carbonyl (C=O) groups is 1. The van der Waals surface area contributed by atoms with Crippen LogP contribution < -0.4 is 16.4 Å². The van der Waals surface area contributed by atoms with E-state index in [1.165, 1.54) is 17.2 Å². The third-order valence-corrected chi connectivity index (χ3v) is 9.22. The Morgan fingerprint density at radius 1 is 1.19 bits per heavy atom. The first-order valence-electron chi connectivity index (χ1n) is 12.0. The number of aliphatic hydroxyl groups excluding tert-OH is 2. The van der Waals surface area contributed by atoms with E-state index in [2.05, 4.69) is 25.6 Å². The van der Waals surface area contributed by atoms with E-state index in [1.54, 1.807) is 0 Å². The van der Waals surface area contributed by atoms with E-state index in [0.717, 1.165) is 25.0 Å². The number of hydrogen-bond acceptors (Lipinski definition) is 12. The van der Waals surface area contributed by atoms with Crippen molar-refractivity contribution in [2.24, 2.45) is 0 Å². The molecule has 2 amide bonds. The number of hydrogen-bond donors (Lipinski definition) is 6. The molecule has 37 heavy (non-hydrogen) atoms. The number of phosphoric acid groups is 1. The number of nitrogens with zero attached hydrogens (tertiary/aromatic N) is 4. The van der Waals surface area contributed by atoms with Gasteiger partial charge in [0.25, 0.3) is 0 Å². The fourth-order valence-corrected chi connectivity index (χ4v) is 7.12. The third kappa shape index (κ3) is 5.71. The number of ether oxygens (including phenoxy) is 1. The van der Waals surface area contributed by atoms with Crippen LogP contribution >= 0.6 is 19.6 Å². The summed E-state index contributed by atoms with van der Waals surface area (Å²) in [6, 6.07) is 0.238. The molecule has 0 radical (unpaired) electrons. The minimum atomic E-state index is -4.40. The van der Waals surface area contributed by atoms with Crippen molar-refractivity contribution < 1.29 is 38.3 Å². The monoisotopic (exact) mass is 559 g/mol. The number of nitrogens with two attached hydrogens (primary N) is 1. The summed E-state index contributed by atoms with van der Waals surface area (Å²) in [6.45, 7) is -0.453. The van der Waals surface area contributed by atoms with Gasteiger partial charge in [-0.2, -0.15) is 11.8 Å². The second-order valence-corrected chi connectivity index (χ2v) is 11.9. The van der Waals surface area contributed by atoms with Crippen molar-refractivity contribution in [1.82, 2.24) is 30.2 Å². The van der Waals surface area contributed by atoms with Gasteiger partial charge in [-0.1, -0.05) is 12.8 Å². The second kappa shape index (κ2) is 11.0. The molecule has 7 N–H and O–H groups in total. The van der Waals surface area contributed by atoms with Gasteiger partial charge in [-0.25, -0.2) is 24.3 Å². The molecule has 15 nitrogen and oxygen atoms in total. The highest BCUT2D eigenvalue weighted by atomic mass is 32.2. The van der Waals surface area contributed by atoms with Crippen molar-refractivity contribution in [2.75, 3.05) is 24.7 Å². The van der Waals surface area contributed by atoms with E-state index < -0.39 is 39.0 Å². The maximum atomic E-state index is 12.3. The van der Waals surface area contributed by atoms with Gasteiger partial charge in [0.15, 0.2) is 17.7 Å². The summed E-state index contributed by atoms with van der Waals surface area (Å²) in [5.74, 6) is 1.06. The molecule has 8 atom stereocenters. The molecule has 3 aliphatic rings. The van der Waals surface area contributed by atoms with E-state index >= 15 is 0 Å². The highest BCUT2D eigenvalue weighted by Crippen LogP contribution is 2.44. The summed E-state index contributed by atoms with van der Waals surface area (Å²) in [5.41, 5.74) is 6.40. The molecule has 5 rings (SSSR count). The standard InChI is InChI=1S/C20H30N7O8PS/c21-17-14-18(23-8-22-17)27(9-24-14)19-16(29)15(28)11(35-19)6-34-36(31,32)33-5-3-1-2-4-12-13-10(7-37-12)25-20(30)26-13/h8-13,15-16,19,28-29H,1-7H2,(H,31,32)(H2,21,22,23)(H2,25,26,30)/t10-,11?,12-,13-,15+,16+,19+/m0/s1. The van der Waals surface area contributed by atoms with E-state index in [4.69, 9.17) is 19.5 Å². The van der Waals surface area contributed by atoms with Crippen molar-refractivity contribution in [3.8, 4) is 0 Å². The number of fused-ring (bicyclic) bond motifs is 2. The molecule has 0 spiro atoms. The average molecular weight is 560 g/mol. The van der Waals surface area contributed by atoms with Crippen molar-refractivity contribution in [3.05, 3.63) is 12.7 Å². The number of thioether (sulfide) groups is 1. The highest BCUT2D eigenvalue weighted by Gasteiger charge is 2.45. The van der Waals surface area contributed by atoms with Gasteiger partial charge in [0.1, 0.15) is 30.2 Å². The Balaban J connectivity index is 1.03. The predicted molar refractivity (Wildman–Crippen MR) is 131 cm³/mol. The van der Waals surface area contributed by atoms with Crippen LogP contribution in [0.2, 0.25) is 0 Å². The number of unbranched alkanes of at least 4 members (excludes halogenated alkanes) is 2. The van der Waals surface area contributed by atoms with Gasteiger partial charge in [-0.3, -0.25) is 13.6 Å². The summed E-state index contributed by atoms with van der Waals surface area (Å²) in [6.07, 6.45) is 0.851. The lowest BCUT2D eigenvalue weighted by molar-refractivity contribution is -0.0514. The Hall–Kier alpha value is -2.04. The first kappa shape index (κ1) is 26.6. The summed E-state index contributed by atoms with van der Waals surface area (Å²) in [5, 5.41) is 27.1. The number of anilines is 1. The van der Waals surface area contributed by atoms with Crippen molar-refractivity contribution in [1.29, 1.82) is 0 Å². The van der Waals surface area contributed by atoms with Crippen LogP contribution in [-0.4, -0.2) is 95.3 Å². The van der Waals surface area contributed by atoms with Crippen LogP contribution in [0.15, 0.2) is 12.7 Å². The minimum Gasteiger partial charge on any atom is -0.387 e. The van der Waals surface area contributed by atoms with Crippen molar-refractivity contribution in [3.63, 3.8) is 0 Å². The van der Waals surface area contributed by atoms with Crippen LogP contribution in [0.1, 0.15) is 31.9 Å². The quantitative estimate of drug-likeness (QED) is 0.120. The summed E-state index contributed by atoms with van der Waals surface area (Å²) in [7, 11) is -4.40. The SMILES string of the molecule is Nc1ncnc2c1ncn2[C@@H]1OC(COP(=O)(O)OCCCCC[C@@H]2SC[C@@H]3NC(=O)N[C@@H]32)[C@@H](O)[C@H]1O. The van der Waals surface area contributed by atoms with Gasteiger partial charge in [0.05, 0.1) is 31.6 Å². The molecule has 2 aromatic heterocycles.